The summed E-state index contributed by atoms with van der Waals surface area (Å²) in [4.78, 5) is 17.1. The molecule has 2 aliphatic heterocycles. The molecule has 0 spiro atoms. The molecule has 6 rings (SSSR count). The number of rotatable bonds is 5. The van der Waals surface area contributed by atoms with E-state index in [1.54, 1.807) is 24.3 Å². The Morgan fingerprint density at radius 2 is 1.00 bits per heavy atom. The standard InChI is InChI=1S/C32H23F2N2O/c33-24-9-13-26(14-10-24)35-19-17-22-5-1-3-7-28(22)31(35)30(21-37)32-29-8-4-2-6-23(29)18-20-36(32)27-15-11-25(34)12-16-27/h1-20,30-32H. The number of anilines is 2. The smallest absolute Gasteiger partial charge is 0.206 e. The predicted molar refractivity (Wildman–Crippen MR) is 143 cm³/mol. The third kappa shape index (κ3) is 4.12. The van der Waals surface area contributed by atoms with Gasteiger partial charge in [-0.1, -0.05) is 48.5 Å². The molecular formula is C32H23F2N2O. The molecule has 4 aromatic carbocycles. The van der Waals surface area contributed by atoms with Crippen LogP contribution in [-0.4, -0.2) is 6.29 Å². The fraction of sp³-hybridized carbons (Fsp3) is 0.0938. The average molecular weight is 490 g/mol. The van der Waals surface area contributed by atoms with Crippen LogP contribution < -0.4 is 9.80 Å². The number of carbonyl (C=O) groups excluding carboxylic acids is 1. The van der Waals surface area contributed by atoms with Gasteiger partial charge in [0.15, 0.2) is 0 Å². The van der Waals surface area contributed by atoms with E-state index >= 15 is 0 Å². The van der Waals surface area contributed by atoms with Crippen LogP contribution in [0.2, 0.25) is 0 Å². The van der Waals surface area contributed by atoms with Crippen molar-refractivity contribution in [3.8, 4) is 0 Å². The topological polar surface area (TPSA) is 23.6 Å². The van der Waals surface area contributed by atoms with Gasteiger partial charge in [0, 0.05) is 23.8 Å². The number of benzene rings is 4. The summed E-state index contributed by atoms with van der Waals surface area (Å²) >= 11 is 0. The van der Waals surface area contributed by atoms with Crippen LogP contribution in [0.5, 0.6) is 0 Å². The summed E-state index contributed by atoms with van der Waals surface area (Å²) in [6.07, 6.45) is 10.3. The Kier molecular flexibility index (Phi) is 5.89. The van der Waals surface area contributed by atoms with Crippen molar-refractivity contribution in [2.24, 2.45) is 5.92 Å². The van der Waals surface area contributed by atoms with Crippen molar-refractivity contribution in [2.75, 3.05) is 9.80 Å². The maximum Gasteiger partial charge on any atom is 0.206 e. The van der Waals surface area contributed by atoms with Crippen LogP contribution in [0.15, 0.2) is 109 Å². The third-order valence-electron chi connectivity index (χ3n) is 7.12. The lowest BCUT2D eigenvalue weighted by atomic mass is 9.78. The first kappa shape index (κ1) is 22.9. The van der Waals surface area contributed by atoms with E-state index in [2.05, 4.69) is 6.29 Å². The fourth-order valence-electron chi connectivity index (χ4n) is 5.42. The van der Waals surface area contributed by atoms with Gasteiger partial charge in [-0.05, 0) is 82.9 Å². The summed E-state index contributed by atoms with van der Waals surface area (Å²) in [6, 6.07) is 27.7. The van der Waals surface area contributed by atoms with Crippen LogP contribution in [0.25, 0.3) is 12.2 Å². The van der Waals surface area contributed by atoms with Crippen molar-refractivity contribution >= 4 is 29.8 Å². The molecule has 0 bridgehead atoms. The molecular weight excluding hydrogens is 466 g/mol. The van der Waals surface area contributed by atoms with E-state index in [0.717, 1.165) is 33.6 Å². The number of hydrogen-bond donors (Lipinski definition) is 0. The van der Waals surface area contributed by atoms with Gasteiger partial charge in [0.1, 0.15) is 11.6 Å². The third-order valence-corrected chi connectivity index (χ3v) is 7.12. The summed E-state index contributed by atoms with van der Waals surface area (Å²) in [6.45, 7) is 0. The van der Waals surface area contributed by atoms with Gasteiger partial charge in [0.2, 0.25) is 6.29 Å². The van der Waals surface area contributed by atoms with Crippen molar-refractivity contribution in [2.45, 2.75) is 12.1 Å². The molecule has 0 saturated heterocycles. The number of hydrogen-bond acceptors (Lipinski definition) is 3. The first-order valence-corrected chi connectivity index (χ1v) is 12.1. The number of halogens is 2. The normalized spacial score (nSPS) is 18.8. The molecule has 0 aromatic heterocycles. The Labute approximate surface area is 214 Å². The minimum atomic E-state index is -0.660. The van der Waals surface area contributed by atoms with Crippen molar-refractivity contribution < 1.29 is 13.6 Å². The van der Waals surface area contributed by atoms with E-state index in [-0.39, 0.29) is 11.6 Å². The monoisotopic (exact) mass is 489 g/mol. The summed E-state index contributed by atoms with van der Waals surface area (Å²) in [5, 5.41) is 0. The first-order chi connectivity index (χ1) is 18.1. The predicted octanol–water partition coefficient (Wildman–Crippen LogP) is 7.45. The second-order valence-corrected chi connectivity index (χ2v) is 9.19. The van der Waals surface area contributed by atoms with Gasteiger partial charge in [-0.2, -0.15) is 0 Å². The molecule has 2 atom stereocenters. The molecule has 0 fully saturated rings. The average Bonchev–Trinajstić information content (AvgIpc) is 2.94. The van der Waals surface area contributed by atoms with Crippen molar-refractivity contribution in [3.05, 3.63) is 143 Å². The molecule has 5 heteroatoms. The van der Waals surface area contributed by atoms with Crippen molar-refractivity contribution in [1.29, 1.82) is 0 Å². The van der Waals surface area contributed by atoms with Crippen LogP contribution in [0.4, 0.5) is 20.2 Å². The molecule has 0 saturated carbocycles. The van der Waals surface area contributed by atoms with Gasteiger partial charge in [-0.3, -0.25) is 4.79 Å². The van der Waals surface area contributed by atoms with Gasteiger partial charge in [-0.15, -0.1) is 0 Å². The summed E-state index contributed by atoms with van der Waals surface area (Å²) < 4.78 is 27.6. The highest BCUT2D eigenvalue weighted by atomic mass is 19.1. The lowest BCUT2D eigenvalue weighted by Gasteiger charge is -2.45. The van der Waals surface area contributed by atoms with Crippen LogP contribution in [0.3, 0.4) is 0 Å². The van der Waals surface area contributed by atoms with Gasteiger partial charge in [0.25, 0.3) is 0 Å². The summed E-state index contributed by atoms with van der Waals surface area (Å²) in [5.41, 5.74) is 5.52. The highest BCUT2D eigenvalue weighted by molar-refractivity contribution is 5.74. The molecule has 2 unspecified atom stereocenters. The second-order valence-electron chi connectivity index (χ2n) is 9.19. The van der Waals surface area contributed by atoms with Crippen LogP contribution >= 0.6 is 0 Å². The summed E-state index contributed by atoms with van der Waals surface area (Å²) in [7, 11) is 0. The molecule has 1 radical (unpaired) electrons. The van der Waals surface area contributed by atoms with Gasteiger partial charge < -0.3 is 9.80 Å². The maximum atomic E-state index is 13.8. The Hall–Kier alpha value is -4.51. The molecule has 0 aliphatic carbocycles. The Balaban J connectivity index is 1.53. The first-order valence-electron chi connectivity index (χ1n) is 12.1. The largest absolute Gasteiger partial charge is 0.340 e. The second kappa shape index (κ2) is 9.51. The fourth-order valence-corrected chi connectivity index (χ4v) is 5.42. The molecule has 3 nitrogen and oxygen atoms in total. The molecule has 2 aliphatic rings. The van der Waals surface area contributed by atoms with Gasteiger partial charge in [-0.25, -0.2) is 8.78 Å². The van der Waals surface area contributed by atoms with Gasteiger partial charge >= 0.3 is 0 Å². The van der Waals surface area contributed by atoms with E-state index in [0.29, 0.717) is 0 Å². The van der Waals surface area contributed by atoms with Crippen molar-refractivity contribution in [3.63, 3.8) is 0 Å². The Bertz CT molecular complexity index is 1380. The van der Waals surface area contributed by atoms with Crippen LogP contribution in [0, 0.1) is 17.6 Å². The molecule has 0 amide bonds. The lowest BCUT2D eigenvalue weighted by molar-refractivity contribution is 0.413. The minimum absolute atomic E-state index is 0.325. The maximum absolute atomic E-state index is 13.8. The Morgan fingerprint density at radius 1 is 0.595 bits per heavy atom. The van der Waals surface area contributed by atoms with E-state index in [1.165, 1.54) is 24.3 Å². The molecule has 37 heavy (non-hydrogen) atoms. The molecule has 2 heterocycles. The van der Waals surface area contributed by atoms with Crippen LogP contribution in [0.1, 0.15) is 34.3 Å². The van der Waals surface area contributed by atoms with E-state index in [4.69, 9.17) is 0 Å². The number of fused-ring (bicyclic) bond motifs is 2. The van der Waals surface area contributed by atoms with Crippen molar-refractivity contribution in [1.82, 2.24) is 0 Å². The van der Waals surface area contributed by atoms with E-state index in [1.807, 2.05) is 82.9 Å². The quantitative estimate of drug-likeness (QED) is 0.291. The highest BCUT2D eigenvalue weighted by Crippen LogP contribution is 2.47. The zero-order chi connectivity index (χ0) is 25.4. The summed E-state index contributed by atoms with van der Waals surface area (Å²) in [5.74, 6) is -1.31. The van der Waals surface area contributed by atoms with Gasteiger partial charge in [0.05, 0.1) is 18.0 Å². The SMILES string of the molecule is O=[C]C(C1c2ccccc2C=CN1c1ccc(F)cc1)C1c2ccccc2C=CN1c1ccc(F)cc1. The zero-order valence-electron chi connectivity index (χ0n) is 19.8. The highest BCUT2D eigenvalue weighted by Gasteiger charge is 2.42. The molecule has 0 N–H and O–H groups in total. The minimum Gasteiger partial charge on any atom is -0.340 e. The lowest BCUT2D eigenvalue weighted by Crippen LogP contribution is -2.42. The van der Waals surface area contributed by atoms with E-state index in [9.17, 15) is 13.6 Å². The number of nitrogens with zero attached hydrogens (tertiary/aromatic N) is 2. The van der Waals surface area contributed by atoms with Crippen LogP contribution in [-0.2, 0) is 4.79 Å². The van der Waals surface area contributed by atoms with E-state index < -0.39 is 18.0 Å². The molecule has 181 valence electrons. The Morgan fingerprint density at radius 3 is 1.41 bits per heavy atom. The zero-order valence-corrected chi connectivity index (χ0v) is 19.8. The molecule has 4 aromatic rings.